The van der Waals surface area contributed by atoms with E-state index in [1.807, 2.05) is 12.1 Å². The summed E-state index contributed by atoms with van der Waals surface area (Å²) in [5.74, 6) is -1.79. The second-order valence-electron chi connectivity index (χ2n) is 6.04. The van der Waals surface area contributed by atoms with Gasteiger partial charge in [-0.1, -0.05) is 39.1 Å². The third kappa shape index (κ3) is 4.69. The molecule has 3 rings (SSSR count). The third-order valence-electron chi connectivity index (χ3n) is 4.17. The van der Waals surface area contributed by atoms with E-state index in [9.17, 15) is 14.4 Å². The summed E-state index contributed by atoms with van der Waals surface area (Å²) in [5.41, 5.74) is 0.940. The Kier molecular flexibility index (Phi) is 6.19. The van der Waals surface area contributed by atoms with Gasteiger partial charge in [-0.3, -0.25) is 14.4 Å². The van der Waals surface area contributed by atoms with E-state index in [-0.39, 0.29) is 29.5 Å². The number of anilines is 1. The summed E-state index contributed by atoms with van der Waals surface area (Å²) in [6, 6.07) is 11.7. The van der Waals surface area contributed by atoms with Gasteiger partial charge in [0, 0.05) is 33.7 Å². The number of ketones is 1. The van der Waals surface area contributed by atoms with Crippen molar-refractivity contribution in [3.63, 3.8) is 0 Å². The third-order valence-corrected chi connectivity index (χ3v) is 5.25. The summed E-state index contributed by atoms with van der Waals surface area (Å²) in [5, 5.41) is 0.604. The minimum atomic E-state index is -0.616. The van der Waals surface area contributed by atoms with Crippen LogP contribution in [0.3, 0.4) is 0 Å². The first-order valence-electron chi connectivity index (χ1n) is 8.06. The van der Waals surface area contributed by atoms with E-state index in [1.165, 1.54) is 23.1 Å². The SMILES string of the molecule is O=C(COC(=O)C1CC(=O)N(c2ccc(Br)cc2)C1)c1ccc(Cl)cc1Cl. The normalized spacial score (nSPS) is 16.5. The highest BCUT2D eigenvalue weighted by atomic mass is 79.9. The van der Waals surface area contributed by atoms with Crippen LogP contribution in [-0.2, 0) is 14.3 Å². The minimum absolute atomic E-state index is 0.0464. The van der Waals surface area contributed by atoms with E-state index < -0.39 is 24.3 Å². The maximum Gasteiger partial charge on any atom is 0.311 e. The number of carbonyl (C=O) groups excluding carboxylic acids is 3. The van der Waals surface area contributed by atoms with Gasteiger partial charge in [0.15, 0.2) is 6.61 Å². The predicted molar refractivity (Wildman–Crippen MR) is 106 cm³/mol. The number of ether oxygens (including phenoxy) is 1. The van der Waals surface area contributed by atoms with Gasteiger partial charge in [-0.2, -0.15) is 0 Å². The first-order valence-corrected chi connectivity index (χ1v) is 9.61. The number of hydrogen-bond donors (Lipinski definition) is 0. The highest BCUT2D eigenvalue weighted by Crippen LogP contribution is 2.27. The van der Waals surface area contributed by atoms with Crippen LogP contribution in [0.2, 0.25) is 10.0 Å². The van der Waals surface area contributed by atoms with E-state index in [4.69, 9.17) is 27.9 Å². The Bertz CT molecular complexity index is 901. The van der Waals surface area contributed by atoms with Gasteiger partial charge in [0.2, 0.25) is 11.7 Å². The summed E-state index contributed by atoms with van der Waals surface area (Å²) in [7, 11) is 0. The lowest BCUT2D eigenvalue weighted by Gasteiger charge is -2.16. The second-order valence-corrected chi connectivity index (χ2v) is 7.80. The molecule has 1 aliphatic heterocycles. The maximum atomic E-state index is 12.3. The first kappa shape index (κ1) is 19.9. The minimum Gasteiger partial charge on any atom is -0.457 e. The monoisotopic (exact) mass is 469 g/mol. The van der Waals surface area contributed by atoms with Crippen LogP contribution in [0, 0.1) is 5.92 Å². The lowest BCUT2D eigenvalue weighted by Crippen LogP contribution is -2.27. The number of nitrogens with zero attached hydrogens (tertiary/aromatic N) is 1. The molecule has 1 saturated heterocycles. The number of hydrogen-bond acceptors (Lipinski definition) is 4. The fourth-order valence-electron chi connectivity index (χ4n) is 2.78. The largest absolute Gasteiger partial charge is 0.457 e. The number of amides is 1. The van der Waals surface area contributed by atoms with E-state index in [1.54, 1.807) is 12.1 Å². The van der Waals surface area contributed by atoms with Gasteiger partial charge in [0.05, 0.1) is 10.9 Å². The molecular formula is C19H14BrCl2NO4. The van der Waals surface area contributed by atoms with Gasteiger partial charge < -0.3 is 9.64 Å². The van der Waals surface area contributed by atoms with E-state index in [0.29, 0.717) is 10.7 Å². The maximum absolute atomic E-state index is 12.3. The molecule has 0 saturated carbocycles. The summed E-state index contributed by atoms with van der Waals surface area (Å²) < 4.78 is 6.01. The fourth-order valence-corrected chi connectivity index (χ4v) is 3.56. The fraction of sp³-hybridized carbons (Fsp3) is 0.211. The lowest BCUT2D eigenvalue weighted by atomic mass is 10.1. The molecule has 0 radical (unpaired) electrons. The van der Waals surface area contributed by atoms with Gasteiger partial charge in [-0.15, -0.1) is 0 Å². The molecule has 1 aliphatic rings. The Morgan fingerprint density at radius 1 is 1.15 bits per heavy atom. The van der Waals surface area contributed by atoms with Crippen LogP contribution in [0.4, 0.5) is 5.69 Å². The van der Waals surface area contributed by atoms with E-state index >= 15 is 0 Å². The topological polar surface area (TPSA) is 63.7 Å². The molecule has 0 bridgehead atoms. The highest BCUT2D eigenvalue weighted by Gasteiger charge is 2.36. The van der Waals surface area contributed by atoms with Gasteiger partial charge in [-0.05, 0) is 42.5 Å². The Labute approximate surface area is 174 Å². The number of esters is 1. The van der Waals surface area contributed by atoms with Crippen LogP contribution in [0.1, 0.15) is 16.8 Å². The van der Waals surface area contributed by atoms with Gasteiger partial charge in [0.1, 0.15) is 0 Å². The number of Topliss-reactive ketones (excluding diaryl/α,β-unsaturated/α-hetero) is 1. The molecule has 8 heteroatoms. The van der Waals surface area contributed by atoms with Crippen LogP contribution in [-0.4, -0.2) is 30.8 Å². The summed E-state index contributed by atoms with van der Waals surface area (Å²) in [6.45, 7) is -0.224. The predicted octanol–water partition coefficient (Wildman–Crippen LogP) is 4.53. The number of halogens is 3. The summed E-state index contributed by atoms with van der Waals surface area (Å²) in [4.78, 5) is 38.2. The molecule has 0 aromatic heterocycles. The smallest absolute Gasteiger partial charge is 0.311 e. The zero-order valence-electron chi connectivity index (χ0n) is 14.0. The number of carbonyl (C=O) groups is 3. The molecule has 0 aliphatic carbocycles. The van der Waals surface area contributed by atoms with Crippen LogP contribution < -0.4 is 4.90 Å². The van der Waals surface area contributed by atoms with Gasteiger partial charge in [-0.25, -0.2) is 0 Å². The lowest BCUT2D eigenvalue weighted by molar-refractivity contribution is -0.147. The molecule has 1 amide bonds. The Morgan fingerprint density at radius 3 is 2.52 bits per heavy atom. The quantitative estimate of drug-likeness (QED) is 0.475. The van der Waals surface area contributed by atoms with Crippen molar-refractivity contribution in [3.8, 4) is 0 Å². The van der Waals surface area contributed by atoms with E-state index in [2.05, 4.69) is 15.9 Å². The molecule has 140 valence electrons. The zero-order valence-corrected chi connectivity index (χ0v) is 17.1. The molecule has 1 heterocycles. The van der Waals surface area contributed by atoms with Crippen LogP contribution in [0.5, 0.6) is 0 Å². The van der Waals surface area contributed by atoms with Crippen LogP contribution in [0.15, 0.2) is 46.9 Å². The Morgan fingerprint density at radius 2 is 1.85 bits per heavy atom. The van der Waals surface area contributed by atoms with Crippen molar-refractivity contribution >= 4 is 62.5 Å². The molecule has 0 N–H and O–H groups in total. The summed E-state index contributed by atoms with van der Waals surface area (Å²) >= 11 is 15.1. The number of rotatable bonds is 5. The van der Waals surface area contributed by atoms with Crippen molar-refractivity contribution in [2.75, 3.05) is 18.1 Å². The molecule has 1 fully saturated rings. The summed E-state index contributed by atoms with van der Waals surface area (Å²) in [6.07, 6.45) is 0.0464. The highest BCUT2D eigenvalue weighted by molar-refractivity contribution is 9.10. The molecular weight excluding hydrogens is 457 g/mol. The number of benzene rings is 2. The standard InChI is InChI=1S/C19H14BrCl2NO4/c20-12-1-4-14(5-2-12)23-9-11(7-18(23)25)19(26)27-10-17(24)15-6-3-13(21)8-16(15)22/h1-6,8,11H,7,9-10H2. The Hall–Kier alpha value is -1.89. The van der Waals surface area contributed by atoms with Crippen molar-refractivity contribution in [2.45, 2.75) is 6.42 Å². The zero-order chi connectivity index (χ0) is 19.6. The van der Waals surface area contributed by atoms with Crippen molar-refractivity contribution in [2.24, 2.45) is 5.92 Å². The average molecular weight is 471 g/mol. The van der Waals surface area contributed by atoms with Gasteiger partial charge >= 0.3 is 5.97 Å². The van der Waals surface area contributed by atoms with Gasteiger partial charge in [0.25, 0.3) is 0 Å². The molecule has 27 heavy (non-hydrogen) atoms. The molecule has 5 nitrogen and oxygen atoms in total. The second kappa shape index (κ2) is 8.42. The average Bonchev–Trinajstić information content (AvgIpc) is 3.02. The van der Waals surface area contributed by atoms with Crippen LogP contribution >= 0.6 is 39.1 Å². The van der Waals surface area contributed by atoms with Crippen molar-refractivity contribution < 1.29 is 19.1 Å². The van der Waals surface area contributed by atoms with Crippen LogP contribution in [0.25, 0.3) is 0 Å². The molecule has 1 atom stereocenters. The molecule has 1 unspecified atom stereocenters. The Balaban J connectivity index is 1.59. The molecule has 0 spiro atoms. The van der Waals surface area contributed by atoms with Crippen molar-refractivity contribution in [3.05, 3.63) is 62.5 Å². The van der Waals surface area contributed by atoms with Crippen molar-refractivity contribution in [1.82, 2.24) is 0 Å². The molecule has 2 aromatic rings. The van der Waals surface area contributed by atoms with Crippen molar-refractivity contribution in [1.29, 1.82) is 0 Å². The molecule has 2 aromatic carbocycles. The first-order chi connectivity index (χ1) is 12.8. The van der Waals surface area contributed by atoms with E-state index in [0.717, 1.165) is 4.47 Å².